The summed E-state index contributed by atoms with van der Waals surface area (Å²) in [6, 6.07) is 13.6. The van der Waals surface area contributed by atoms with Crippen molar-refractivity contribution in [2.45, 2.75) is 31.7 Å². The van der Waals surface area contributed by atoms with Crippen LogP contribution in [-0.2, 0) is 19.6 Å². The zero-order valence-corrected chi connectivity index (χ0v) is 17.9. The average molecular weight is 417 g/mol. The summed E-state index contributed by atoms with van der Waals surface area (Å²) in [5.74, 6) is -0.637. The van der Waals surface area contributed by atoms with Crippen molar-refractivity contribution in [3.8, 4) is 0 Å². The number of amides is 1. The fourth-order valence-corrected chi connectivity index (χ4v) is 4.79. The van der Waals surface area contributed by atoms with Crippen LogP contribution in [0, 0.1) is 19.8 Å². The van der Waals surface area contributed by atoms with Gasteiger partial charge in [0.25, 0.3) is 0 Å². The lowest BCUT2D eigenvalue weighted by molar-refractivity contribution is -0.139. The summed E-state index contributed by atoms with van der Waals surface area (Å²) < 4.78 is 34.2. The first-order valence-electron chi connectivity index (χ1n) is 9.80. The molecule has 1 N–H and O–H groups in total. The van der Waals surface area contributed by atoms with Crippen LogP contribution in [0.4, 0.5) is 0 Å². The minimum absolute atomic E-state index is 0.0774. The van der Waals surface area contributed by atoms with Gasteiger partial charge in [-0.2, -0.15) is 0 Å². The van der Waals surface area contributed by atoms with E-state index >= 15 is 0 Å². The SMILES string of the molecule is Cc1ccc(S(=O)(=O)N[C@H](c2cccc(C)c2)[C@@H](C)C(=O)N2CCOCC2)cc1. The molecule has 1 aliphatic heterocycles. The van der Waals surface area contributed by atoms with Crippen LogP contribution < -0.4 is 4.72 Å². The van der Waals surface area contributed by atoms with Gasteiger partial charge in [0, 0.05) is 13.1 Å². The highest BCUT2D eigenvalue weighted by molar-refractivity contribution is 7.89. The van der Waals surface area contributed by atoms with Crippen LogP contribution >= 0.6 is 0 Å². The van der Waals surface area contributed by atoms with Gasteiger partial charge in [-0.1, -0.05) is 54.4 Å². The highest BCUT2D eigenvalue weighted by atomic mass is 32.2. The number of morpholine rings is 1. The summed E-state index contributed by atoms with van der Waals surface area (Å²) in [6.07, 6.45) is 0. The van der Waals surface area contributed by atoms with Crippen LogP contribution in [-0.4, -0.2) is 45.5 Å². The minimum Gasteiger partial charge on any atom is -0.378 e. The van der Waals surface area contributed by atoms with Gasteiger partial charge in [-0.05, 0) is 31.5 Å². The van der Waals surface area contributed by atoms with Crippen molar-refractivity contribution in [1.29, 1.82) is 0 Å². The van der Waals surface area contributed by atoms with E-state index in [4.69, 9.17) is 4.74 Å². The minimum atomic E-state index is -3.79. The molecular formula is C22H28N2O4S. The summed E-state index contributed by atoms with van der Waals surface area (Å²) in [7, 11) is -3.79. The molecule has 156 valence electrons. The molecule has 0 radical (unpaired) electrons. The lowest BCUT2D eigenvalue weighted by Gasteiger charge is -2.32. The summed E-state index contributed by atoms with van der Waals surface area (Å²) >= 11 is 0. The Morgan fingerprint density at radius 2 is 1.69 bits per heavy atom. The smallest absolute Gasteiger partial charge is 0.241 e. The van der Waals surface area contributed by atoms with E-state index in [9.17, 15) is 13.2 Å². The van der Waals surface area contributed by atoms with Crippen LogP contribution in [0.15, 0.2) is 53.4 Å². The Morgan fingerprint density at radius 3 is 2.31 bits per heavy atom. The molecule has 2 aromatic carbocycles. The van der Waals surface area contributed by atoms with E-state index in [-0.39, 0.29) is 10.8 Å². The molecule has 2 atom stereocenters. The number of aryl methyl sites for hydroxylation is 2. The molecule has 3 rings (SSSR count). The molecule has 0 aliphatic carbocycles. The largest absolute Gasteiger partial charge is 0.378 e. The number of carbonyl (C=O) groups excluding carboxylic acids is 1. The second kappa shape index (κ2) is 9.07. The van der Waals surface area contributed by atoms with Crippen molar-refractivity contribution in [1.82, 2.24) is 9.62 Å². The van der Waals surface area contributed by atoms with Crippen molar-refractivity contribution >= 4 is 15.9 Å². The van der Waals surface area contributed by atoms with Crippen molar-refractivity contribution in [2.24, 2.45) is 5.92 Å². The van der Waals surface area contributed by atoms with Gasteiger partial charge in [0.05, 0.1) is 30.1 Å². The molecular weight excluding hydrogens is 388 g/mol. The molecule has 6 nitrogen and oxygen atoms in total. The van der Waals surface area contributed by atoms with Crippen molar-refractivity contribution in [3.63, 3.8) is 0 Å². The zero-order valence-electron chi connectivity index (χ0n) is 17.1. The number of hydrogen-bond donors (Lipinski definition) is 1. The van der Waals surface area contributed by atoms with Gasteiger partial charge in [0.1, 0.15) is 0 Å². The summed E-state index contributed by atoms with van der Waals surface area (Å²) in [5.41, 5.74) is 2.76. The molecule has 0 spiro atoms. The van der Waals surface area contributed by atoms with Crippen molar-refractivity contribution < 1.29 is 17.9 Å². The van der Waals surface area contributed by atoms with E-state index < -0.39 is 22.0 Å². The summed E-state index contributed by atoms with van der Waals surface area (Å²) in [4.78, 5) is 15.0. The predicted octanol–water partition coefficient (Wildman–Crippen LogP) is 2.82. The van der Waals surface area contributed by atoms with Crippen molar-refractivity contribution in [3.05, 3.63) is 65.2 Å². The molecule has 0 bridgehead atoms. The highest BCUT2D eigenvalue weighted by Gasteiger charge is 2.33. The molecule has 29 heavy (non-hydrogen) atoms. The monoisotopic (exact) mass is 416 g/mol. The molecule has 1 aliphatic rings. The first-order chi connectivity index (χ1) is 13.8. The van der Waals surface area contributed by atoms with Gasteiger partial charge in [-0.15, -0.1) is 0 Å². The zero-order chi connectivity index (χ0) is 21.0. The van der Waals surface area contributed by atoms with Gasteiger partial charge in [-0.25, -0.2) is 13.1 Å². The van der Waals surface area contributed by atoms with Crippen LogP contribution in [0.1, 0.15) is 29.7 Å². The van der Waals surface area contributed by atoms with Crippen LogP contribution in [0.3, 0.4) is 0 Å². The Morgan fingerprint density at radius 1 is 1.03 bits per heavy atom. The third-order valence-electron chi connectivity index (χ3n) is 5.23. The quantitative estimate of drug-likeness (QED) is 0.786. The van der Waals surface area contributed by atoms with Crippen molar-refractivity contribution in [2.75, 3.05) is 26.3 Å². The van der Waals surface area contributed by atoms with Gasteiger partial charge in [-0.3, -0.25) is 4.79 Å². The third kappa shape index (κ3) is 5.23. The number of hydrogen-bond acceptors (Lipinski definition) is 4. The van der Waals surface area contributed by atoms with Gasteiger partial charge in [0.2, 0.25) is 15.9 Å². The Bertz CT molecular complexity index is 951. The number of nitrogens with one attached hydrogen (secondary N) is 1. The number of carbonyl (C=O) groups is 1. The van der Waals surface area contributed by atoms with E-state index in [1.54, 1.807) is 36.1 Å². The molecule has 1 amide bonds. The Labute approximate surface area is 172 Å². The highest BCUT2D eigenvalue weighted by Crippen LogP contribution is 2.27. The fourth-order valence-electron chi connectivity index (χ4n) is 3.49. The Hall–Kier alpha value is -2.22. The van der Waals surface area contributed by atoms with E-state index in [0.717, 1.165) is 16.7 Å². The Balaban J connectivity index is 1.92. The molecule has 1 fully saturated rings. The molecule has 1 heterocycles. The second-order valence-electron chi connectivity index (χ2n) is 7.55. The van der Waals surface area contributed by atoms with E-state index in [1.165, 1.54) is 0 Å². The maximum Gasteiger partial charge on any atom is 0.241 e. The fraction of sp³-hybridized carbons (Fsp3) is 0.409. The molecule has 0 unspecified atom stereocenters. The first-order valence-corrected chi connectivity index (χ1v) is 11.3. The van der Waals surface area contributed by atoms with Gasteiger partial charge in [0.15, 0.2) is 0 Å². The first kappa shape index (κ1) is 21.5. The second-order valence-corrected chi connectivity index (χ2v) is 9.27. The predicted molar refractivity (Wildman–Crippen MR) is 112 cm³/mol. The van der Waals surface area contributed by atoms with Crippen LogP contribution in [0.5, 0.6) is 0 Å². The van der Waals surface area contributed by atoms with E-state index in [1.807, 2.05) is 38.1 Å². The number of sulfonamides is 1. The maximum atomic E-state index is 13.1. The normalized spacial score (nSPS) is 17.0. The number of nitrogens with zero attached hydrogens (tertiary/aromatic N) is 1. The number of benzene rings is 2. The summed E-state index contributed by atoms with van der Waals surface area (Å²) in [5, 5.41) is 0. The van der Waals surface area contributed by atoms with Crippen LogP contribution in [0.2, 0.25) is 0 Å². The van der Waals surface area contributed by atoms with E-state index in [0.29, 0.717) is 26.3 Å². The lowest BCUT2D eigenvalue weighted by Crippen LogP contribution is -2.46. The molecule has 7 heteroatoms. The van der Waals surface area contributed by atoms with Gasteiger partial charge < -0.3 is 9.64 Å². The van der Waals surface area contributed by atoms with E-state index in [2.05, 4.69) is 4.72 Å². The Kier molecular flexibility index (Phi) is 6.72. The molecule has 1 saturated heterocycles. The average Bonchev–Trinajstić information content (AvgIpc) is 2.72. The third-order valence-corrected chi connectivity index (χ3v) is 6.68. The van der Waals surface area contributed by atoms with Gasteiger partial charge >= 0.3 is 0 Å². The number of rotatable bonds is 6. The summed E-state index contributed by atoms with van der Waals surface area (Å²) in [6.45, 7) is 7.68. The topological polar surface area (TPSA) is 75.7 Å². The molecule has 0 saturated carbocycles. The maximum absolute atomic E-state index is 13.1. The molecule has 2 aromatic rings. The van der Waals surface area contributed by atoms with Crippen LogP contribution in [0.25, 0.3) is 0 Å². The standard InChI is InChI=1S/C22H28N2O4S/c1-16-7-9-20(10-8-16)29(26,27)23-21(19-6-4-5-17(2)15-19)18(3)22(25)24-11-13-28-14-12-24/h4-10,15,18,21,23H,11-14H2,1-3H3/t18-,21+/m1/s1. The lowest BCUT2D eigenvalue weighted by atomic mass is 9.93. The molecule has 0 aromatic heterocycles. The number of ether oxygens (including phenoxy) is 1.